The Bertz CT molecular complexity index is 836. The van der Waals surface area contributed by atoms with Gasteiger partial charge in [-0.1, -0.05) is 17.7 Å². The lowest BCUT2D eigenvalue weighted by Gasteiger charge is -2.29. The average Bonchev–Trinajstić information content (AvgIpc) is 3.06. The van der Waals surface area contributed by atoms with Crippen LogP contribution in [-0.2, 0) is 16.6 Å². The number of hydrogen-bond donors (Lipinski definition) is 2. The molecule has 2 heterocycles. The second kappa shape index (κ2) is 7.21. The first kappa shape index (κ1) is 18.0. The number of aliphatic hydroxyl groups excluding tert-OH is 2. The van der Waals surface area contributed by atoms with Crippen LogP contribution in [0, 0.1) is 6.92 Å². The molecule has 3 rings (SSSR count). The Balaban J connectivity index is 2.07. The van der Waals surface area contributed by atoms with Crippen LogP contribution in [0.15, 0.2) is 47.6 Å². The average molecular weight is 362 g/mol. The predicted molar refractivity (Wildman–Crippen MR) is 93.2 cm³/mol. The maximum atomic E-state index is 13.2. The van der Waals surface area contributed by atoms with E-state index in [4.69, 9.17) is 0 Å². The van der Waals surface area contributed by atoms with E-state index in [0.717, 1.165) is 5.56 Å². The molecule has 7 heteroatoms. The lowest BCUT2D eigenvalue weighted by molar-refractivity contribution is 0.196. The summed E-state index contributed by atoms with van der Waals surface area (Å²) in [6, 6.07) is 7.46. The molecule has 0 bridgehead atoms. The molecule has 6 nitrogen and oxygen atoms in total. The van der Waals surface area contributed by atoms with Gasteiger partial charge in [0.25, 0.3) is 0 Å². The van der Waals surface area contributed by atoms with Gasteiger partial charge < -0.3 is 10.2 Å². The van der Waals surface area contributed by atoms with Gasteiger partial charge in [0.1, 0.15) is 0 Å². The minimum Gasteiger partial charge on any atom is -0.395 e. The van der Waals surface area contributed by atoms with E-state index in [9.17, 15) is 18.6 Å². The largest absolute Gasteiger partial charge is 0.395 e. The topological polar surface area (TPSA) is 90.7 Å². The fourth-order valence-corrected chi connectivity index (χ4v) is 5.24. The summed E-state index contributed by atoms with van der Waals surface area (Å²) in [4.78, 5) is 4.30. The smallest absolute Gasteiger partial charge is 0.243 e. The number of aliphatic hydroxyl groups is 2. The zero-order valence-electron chi connectivity index (χ0n) is 14.0. The highest BCUT2D eigenvalue weighted by molar-refractivity contribution is 7.89. The third-order valence-corrected chi connectivity index (χ3v) is 6.70. The number of nitrogens with zero attached hydrogens (tertiary/aromatic N) is 2. The fourth-order valence-electron chi connectivity index (χ4n) is 3.40. The zero-order chi connectivity index (χ0) is 18.0. The molecule has 25 heavy (non-hydrogen) atoms. The standard InChI is InChI=1S/C18H22N2O4S/c1-13-2-5-16(6-3-13)25(23,24)20-15(12-22)4-7-18(20)17-10-19-9-8-14(17)11-21/h2-3,5-6,8-10,15,18,21-22H,4,7,11-12H2,1H3/t15-,18+/m0/s1. The van der Waals surface area contributed by atoms with Crippen LogP contribution < -0.4 is 0 Å². The number of hydrogen-bond acceptors (Lipinski definition) is 5. The van der Waals surface area contributed by atoms with Crippen molar-refractivity contribution in [2.75, 3.05) is 6.61 Å². The van der Waals surface area contributed by atoms with E-state index in [-0.39, 0.29) is 18.1 Å². The van der Waals surface area contributed by atoms with Gasteiger partial charge in [0.05, 0.1) is 24.2 Å². The van der Waals surface area contributed by atoms with Crippen LogP contribution in [0.4, 0.5) is 0 Å². The van der Waals surface area contributed by atoms with Gasteiger partial charge in [0.15, 0.2) is 0 Å². The minimum absolute atomic E-state index is 0.184. The van der Waals surface area contributed by atoms with Crippen molar-refractivity contribution in [3.63, 3.8) is 0 Å². The Morgan fingerprint density at radius 2 is 1.88 bits per heavy atom. The molecule has 0 amide bonds. The van der Waals surface area contributed by atoms with Crippen molar-refractivity contribution in [1.29, 1.82) is 0 Å². The number of benzene rings is 1. The molecule has 2 N–H and O–H groups in total. The molecule has 2 atom stereocenters. The maximum absolute atomic E-state index is 13.2. The number of aryl methyl sites for hydroxylation is 1. The van der Waals surface area contributed by atoms with E-state index in [2.05, 4.69) is 4.98 Å². The fraction of sp³-hybridized carbons (Fsp3) is 0.389. The first-order chi connectivity index (χ1) is 12.0. The van der Waals surface area contributed by atoms with Gasteiger partial charge in [0, 0.05) is 18.4 Å². The first-order valence-electron chi connectivity index (χ1n) is 8.23. The van der Waals surface area contributed by atoms with Crippen LogP contribution >= 0.6 is 0 Å². The van der Waals surface area contributed by atoms with Gasteiger partial charge >= 0.3 is 0 Å². The van der Waals surface area contributed by atoms with Crippen LogP contribution in [0.1, 0.15) is 35.6 Å². The van der Waals surface area contributed by atoms with E-state index in [1.165, 1.54) is 4.31 Å². The second-order valence-corrected chi connectivity index (χ2v) is 8.15. The normalized spacial score (nSPS) is 21.6. The van der Waals surface area contributed by atoms with Crippen LogP contribution in [-0.4, -0.2) is 40.6 Å². The van der Waals surface area contributed by atoms with Crippen LogP contribution in [0.5, 0.6) is 0 Å². The summed E-state index contributed by atoms with van der Waals surface area (Å²) in [5.74, 6) is 0. The quantitative estimate of drug-likeness (QED) is 0.846. The molecule has 0 unspecified atom stereocenters. The van der Waals surface area contributed by atoms with Crippen molar-refractivity contribution >= 4 is 10.0 Å². The lowest BCUT2D eigenvalue weighted by atomic mass is 10.0. The predicted octanol–water partition coefficient (Wildman–Crippen LogP) is 1.77. The summed E-state index contributed by atoms with van der Waals surface area (Å²) in [6.45, 7) is 1.47. The monoisotopic (exact) mass is 362 g/mol. The highest BCUT2D eigenvalue weighted by atomic mass is 32.2. The maximum Gasteiger partial charge on any atom is 0.243 e. The molecule has 1 aromatic carbocycles. The number of aromatic nitrogens is 1. The Labute approximate surface area is 147 Å². The lowest BCUT2D eigenvalue weighted by Crippen LogP contribution is -2.39. The molecule has 0 spiro atoms. The molecule has 134 valence electrons. The Morgan fingerprint density at radius 1 is 1.16 bits per heavy atom. The van der Waals surface area contributed by atoms with Crippen LogP contribution in [0.2, 0.25) is 0 Å². The van der Waals surface area contributed by atoms with E-state index < -0.39 is 22.1 Å². The number of sulfonamides is 1. The summed E-state index contributed by atoms with van der Waals surface area (Å²) in [7, 11) is -3.78. The Kier molecular flexibility index (Phi) is 5.19. The van der Waals surface area contributed by atoms with Crippen molar-refractivity contribution in [2.24, 2.45) is 0 Å². The van der Waals surface area contributed by atoms with Crippen molar-refractivity contribution < 1.29 is 18.6 Å². The van der Waals surface area contributed by atoms with Gasteiger partial charge in [-0.15, -0.1) is 0 Å². The zero-order valence-corrected chi connectivity index (χ0v) is 14.9. The molecule has 1 aliphatic rings. The van der Waals surface area contributed by atoms with E-state index in [1.54, 1.807) is 42.7 Å². The third-order valence-electron chi connectivity index (χ3n) is 4.72. The van der Waals surface area contributed by atoms with Crippen LogP contribution in [0.3, 0.4) is 0 Å². The molecule has 1 aliphatic heterocycles. The SMILES string of the molecule is Cc1ccc(S(=O)(=O)N2[C@H](CO)CC[C@@H]2c2cnccc2CO)cc1. The summed E-state index contributed by atoms with van der Waals surface area (Å²) in [5, 5.41) is 19.3. The summed E-state index contributed by atoms with van der Waals surface area (Å²) < 4.78 is 27.8. The number of pyridine rings is 1. The molecular formula is C18H22N2O4S. The Hall–Kier alpha value is -1.80. The van der Waals surface area contributed by atoms with Gasteiger partial charge in [-0.05, 0) is 49.1 Å². The summed E-state index contributed by atoms with van der Waals surface area (Å²) >= 11 is 0. The van der Waals surface area contributed by atoms with Gasteiger partial charge in [-0.2, -0.15) is 4.31 Å². The Morgan fingerprint density at radius 3 is 2.52 bits per heavy atom. The van der Waals surface area contributed by atoms with Gasteiger partial charge in [-0.3, -0.25) is 4.98 Å². The van der Waals surface area contributed by atoms with Crippen LogP contribution in [0.25, 0.3) is 0 Å². The molecule has 0 radical (unpaired) electrons. The molecule has 2 aromatic rings. The third kappa shape index (κ3) is 3.32. The molecule has 1 fully saturated rings. The number of rotatable bonds is 5. The molecular weight excluding hydrogens is 340 g/mol. The molecule has 0 aliphatic carbocycles. The summed E-state index contributed by atoms with van der Waals surface area (Å²) in [5.41, 5.74) is 2.32. The minimum atomic E-state index is -3.78. The highest BCUT2D eigenvalue weighted by Crippen LogP contribution is 2.41. The van der Waals surface area contributed by atoms with E-state index in [1.807, 2.05) is 6.92 Å². The van der Waals surface area contributed by atoms with Crippen molar-refractivity contribution in [1.82, 2.24) is 9.29 Å². The van der Waals surface area contributed by atoms with E-state index >= 15 is 0 Å². The first-order valence-corrected chi connectivity index (χ1v) is 9.67. The van der Waals surface area contributed by atoms with Gasteiger partial charge in [0.2, 0.25) is 10.0 Å². The van der Waals surface area contributed by atoms with Crippen molar-refractivity contribution in [2.45, 2.75) is 43.4 Å². The molecule has 1 saturated heterocycles. The molecule has 1 aromatic heterocycles. The second-order valence-electron chi connectivity index (χ2n) is 6.31. The highest BCUT2D eigenvalue weighted by Gasteiger charge is 2.43. The van der Waals surface area contributed by atoms with Crippen molar-refractivity contribution in [3.05, 3.63) is 59.4 Å². The molecule has 0 saturated carbocycles. The van der Waals surface area contributed by atoms with E-state index in [0.29, 0.717) is 24.0 Å². The van der Waals surface area contributed by atoms with Gasteiger partial charge in [-0.25, -0.2) is 8.42 Å². The van der Waals surface area contributed by atoms with Crippen molar-refractivity contribution in [3.8, 4) is 0 Å². The summed E-state index contributed by atoms with van der Waals surface area (Å²) in [6.07, 6.45) is 4.32.